The first-order chi connectivity index (χ1) is 9.34. The third kappa shape index (κ3) is 3.57. The van der Waals surface area contributed by atoms with E-state index in [9.17, 15) is 8.42 Å². The summed E-state index contributed by atoms with van der Waals surface area (Å²) in [4.78, 5) is 0.237. The SMILES string of the molecule is COCCN(C(C)C)S(=O)(=O)c1ccc(C#N)cc1C. The van der Waals surface area contributed by atoms with Gasteiger partial charge in [-0.25, -0.2) is 8.42 Å². The second kappa shape index (κ2) is 6.84. The molecule has 0 spiro atoms. The van der Waals surface area contributed by atoms with Crippen molar-refractivity contribution in [3.8, 4) is 6.07 Å². The van der Waals surface area contributed by atoms with E-state index < -0.39 is 10.0 Å². The number of hydrogen-bond acceptors (Lipinski definition) is 4. The molecule has 0 aliphatic carbocycles. The minimum atomic E-state index is -3.58. The van der Waals surface area contributed by atoms with Crippen LogP contribution in [0.1, 0.15) is 25.0 Å². The third-order valence-corrected chi connectivity index (χ3v) is 5.22. The van der Waals surface area contributed by atoms with Crippen molar-refractivity contribution >= 4 is 10.0 Å². The lowest BCUT2D eigenvalue weighted by molar-refractivity contribution is 0.171. The predicted octanol–water partition coefficient (Wildman–Crippen LogP) is 1.91. The molecule has 0 aliphatic heterocycles. The summed E-state index contributed by atoms with van der Waals surface area (Å²) >= 11 is 0. The molecule has 0 saturated heterocycles. The van der Waals surface area contributed by atoms with E-state index in [1.165, 1.54) is 23.5 Å². The maximum atomic E-state index is 12.7. The molecule has 6 heteroatoms. The lowest BCUT2D eigenvalue weighted by Crippen LogP contribution is -2.39. The molecule has 0 atom stereocenters. The van der Waals surface area contributed by atoms with Crippen molar-refractivity contribution in [1.82, 2.24) is 4.31 Å². The smallest absolute Gasteiger partial charge is 0.243 e. The van der Waals surface area contributed by atoms with Crippen LogP contribution in [0.2, 0.25) is 0 Å². The van der Waals surface area contributed by atoms with E-state index in [1.807, 2.05) is 19.9 Å². The number of nitrogens with zero attached hydrogens (tertiary/aromatic N) is 2. The van der Waals surface area contributed by atoms with Crippen molar-refractivity contribution in [3.05, 3.63) is 29.3 Å². The molecule has 0 amide bonds. The van der Waals surface area contributed by atoms with Crippen LogP contribution in [-0.4, -0.2) is 39.0 Å². The highest BCUT2D eigenvalue weighted by Crippen LogP contribution is 2.22. The number of aryl methyl sites for hydroxylation is 1. The molecule has 1 rings (SSSR count). The number of hydrogen-bond donors (Lipinski definition) is 0. The van der Waals surface area contributed by atoms with E-state index >= 15 is 0 Å². The first-order valence-electron chi connectivity index (χ1n) is 6.36. The lowest BCUT2D eigenvalue weighted by Gasteiger charge is -2.26. The predicted molar refractivity (Wildman–Crippen MR) is 76.8 cm³/mol. The molecule has 1 aromatic rings. The Balaban J connectivity index is 3.23. The normalized spacial score (nSPS) is 11.8. The largest absolute Gasteiger partial charge is 0.383 e. The average Bonchev–Trinajstić information content (AvgIpc) is 2.37. The molecule has 110 valence electrons. The van der Waals surface area contributed by atoms with E-state index in [2.05, 4.69) is 0 Å². The standard InChI is InChI=1S/C14H20N2O3S/c1-11(2)16(7-8-19-4)20(17,18)14-6-5-13(10-15)9-12(14)3/h5-6,9,11H,7-8H2,1-4H3. The Labute approximate surface area is 120 Å². The molecule has 0 aromatic heterocycles. The Bertz CT molecular complexity index is 603. The van der Waals surface area contributed by atoms with Crippen LogP contribution >= 0.6 is 0 Å². The highest BCUT2D eigenvalue weighted by atomic mass is 32.2. The molecule has 0 heterocycles. The molecule has 1 aromatic carbocycles. The van der Waals surface area contributed by atoms with Gasteiger partial charge in [0.1, 0.15) is 0 Å². The molecule has 0 saturated carbocycles. The second-order valence-corrected chi connectivity index (χ2v) is 6.65. The molecular formula is C14H20N2O3S. The zero-order valence-electron chi connectivity index (χ0n) is 12.3. The Morgan fingerprint density at radius 1 is 1.40 bits per heavy atom. The summed E-state index contributed by atoms with van der Waals surface area (Å²) in [6.45, 7) is 5.99. The molecule has 0 bridgehead atoms. The van der Waals surface area contributed by atoms with Gasteiger partial charge in [0, 0.05) is 19.7 Å². The fourth-order valence-corrected chi connectivity index (χ4v) is 3.80. The van der Waals surface area contributed by atoms with Crippen molar-refractivity contribution in [2.24, 2.45) is 0 Å². The second-order valence-electron chi connectivity index (χ2n) is 4.79. The summed E-state index contributed by atoms with van der Waals surface area (Å²) in [7, 11) is -2.04. The highest BCUT2D eigenvalue weighted by Gasteiger charge is 2.28. The van der Waals surface area contributed by atoms with Gasteiger partial charge in [-0.3, -0.25) is 0 Å². The van der Waals surface area contributed by atoms with Crippen molar-refractivity contribution < 1.29 is 13.2 Å². The monoisotopic (exact) mass is 296 g/mol. The fourth-order valence-electron chi connectivity index (χ4n) is 1.97. The molecule has 0 unspecified atom stereocenters. The first-order valence-corrected chi connectivity index (χ1v) is 7.80. The molecule has 5 nitrogen and oxygen atoms in total. The third-order valence-electron chi connectivity index (χ3n) is 2.98. The summed E-state index contributed by atoms with van der Waals surface area (Å²) in [5, 5.41) is 8.84. The van der Waals surface area contributed by atoms with Crippen LogP contribution in [0.25, 0.3) is 0 Å². The topological polar surface area (TPSA) is 70.4 Å². The number of nitriles is 1. The van der Waals surface area contributed by atoms with Gasteiger partial charge in [0.2, 0.25) is 10.0 Å². The van der Waals surface area contributed by atoms with Gasteiger partial charge in [-0.15, -0.1) is 0 Å². The van der Waals surface area contributed by atoms with Crippen LogP contribution in [-0.2, 0) is 14.8 Å². The van der Waals surface area contributed by atoms with Crippen LogP contribution in [0.5, 0.6) is 0 Å². The van der Waals surface area contributed by atoms with E-state index in [0.29, 0.717) is 24.3 Å². The van der Waals surface area contributed by atoms with Gasteiger partial charge in [0.05, 0.1) is 23.1 Å². The number of ether oxygens (including phenoxy) is 1. The first kappa shape index (κ1) is 16.6. The van der Waals surface area contributed by atoms with E-state index in [-0.39, 0.29) is 10.9 Å². The quantitative estimate of drug-likeness (QED) is 0.804. The van der Waals surface area contributed by atoms with E-state index in [1.54, 1.807) is 13.0 Å². The van der Waals surface area contributed by atoms with Gasteiger partial charge in [0.15, 0.2) is 0 Å². The molecule has 0 radical (unpaired) electrons. The van der Waals surface area contributed by atoms with E-state index in [0.717, 1.165) is 0 Å². The van der Waals surface area contributed by atoms with Gasteiger partial charge in [0.25, 0.3) is 0 Å². The Morgan fingerprint density at radius 3 is 2.50 bits per heavy atom. The maximum Gasteiger partial charge on any atom is 0.243 e. The van der Waals surface area contributed by atoms with Crippen LogP contribution < -0.4 is 0 Å². The Morgan fingerprint density at radius 2 is 2.05 bits per heavy atom. The lowest BCUT2D eigenvalue weighted by atomic mass is 10.2. The van der Waals surface area contributed by atoms with Crippen LogP contribution in [0.3, 0.4) is 0 Å². The molecule has 20 heavy (non-hydrogen) atoms. The number of benzene rings is 1. The molecule has 0 aliphatic rings. The molecular weight excluding hydrogens is 276 g/mol. The fraction of sp³-hybridized carbons (Fsp3) is 0.500. The molecule has 0 fully saturated rings. The van der Waals surface area contributed by atoms with Crippen molar-refractivity contribution in [3.63, 3.8) is 0 Å². The Hall–Kier alpha value is -1.42. The number of methoxy groups -OCH3 is 1. The minimum Gasteiger partial charge on any atom is -0.383 e. The van der Waals surface area contributed by atoms with Crippen molar-refractivity contribution in [1.29, 1.82) is 5.26 Å². The van der Waals surface area contributed by atoms with Crippen molar-refractivity contribution in [2.45, 2.75) is 31.7 Å². The van der Waals surface area contributed by atoms with E-state index in [4.69, 9.17) is 10.00 Å². The summed E-state index contributed by atoms with van der Waals surface area (Å²) in [6.07, 6.45) is 0. The highest BCUT2D eigenvalue weighted by molar-refractivity contribution is 7.89. The van der Waals surface area contributed by atoms with Crippen LogP contribution in [0, 0.1) is 18.3 Å². The minimum absolute atomic E-state index is 0.162. The summed E-state index contributed by atoms with van der Waals surface area (Å²) in [5.41, 5.74) is 1.03. The summed E-state index contributed by atoms with van der Waals surface area (Å²) in [6, 6.07) is 6.44. The summed E-state index contributed by atoms with van der Waals surface area (Å²) < 4.78 is 31.8. The number of rotatable bonds is 6. The van der Waals surface area contributed by atoms with Gasteiger partial charge in [-0.05, 0) is 44.5 Å². The van der Waals surface area contributed by atoms with Gasteiger partial charge >= 0.3 is 0 Å². The van der Waals surface area contributed by atoms with Gasteiger partial charge in [-0.2, -0.15) is 9.57 Å². The zero-order chi connectivity index (χ0) is 15.3. The summed E-state index contributed by atoms with van der Waals surface area (Å²) in [5.74, 6) is 0. The van der Waals surface area contributed by atoms with Crippen LogP contribution in [0.15, 0.2) is 23.1 Å². The average molecular weight is 296 g/mol. The van der Waals surface area contributed by atoms with Crippen molar-refractivity contribution in [2.75, 3.05) is 20.3 Å². The van der Waals surface area contributed by atoms with Gasteiger partial charge < -0.3 is 4.74 Å². The van der Waals surface area contributed by atoms with Gasteiger partial charge in [-0.1, -0.05) is 0 Å². The number of sulfonamides is 1. The molecule has 0 N–H and O–H groups in total. The van der Waals surface area contributed by atoms with Crippen LogP contribution in [0.4, 0.5) is 0 Å². The maximum absolute atomic E-state index is 12.7. The Kier molecular flexibility index (Phi) is 5.69. The zero-order valence-corrected chi connectivity index (χ0v) is 13.1.